The Morgan fingerprint density at radius 1 is 0.889 bits per heavy atom. The molecule has 0 radical (unpaired) electrons. The molecular weight excluding hydrogens is 448 g/mol. The van der Waals surface area contributed by atoms with Crippen molar-refractivity contribution in [1.82, 2.24) is 14.9 Å². The lowest BCUT2D eigenvalue weighted by Crippen LogP contribution is -2.49. The van der Waals surface area contributed by atoms with E-state index in [-0.39, 0.29) is 5.91 Å². The summed E-state index contributed by atoms with van der Waals surface area (Å²) in [6, 6.07) is 15.0. The zero-order valence-corrected chi connectivity index (χ0v) is 21.6. The molecule has 2 saturated heterocycles. The fraction of sp³-hybridized carbons (Fsp3) is 0.414. The van der Waals surface area contributed by atoms with E-state index in [9.17, 15) is 4.79 Å². The van der Waals surface area contributed by atoms with Gasteiger partial charge in [-0.1, -0.05) is 24.3 Å². The summed E-state index contributed by atoms with van der Waals surface area (Å²) in [5.74, 6) is 1.14. The van der Waals surface area contributed by atoms with E-state index in [2.05, 4.69) is 76.2 Å². The number of carbonyl (C=O) groups excluding carboxylic acids is 1. The van der Waals surface area contributed by atoms with Gasteiger partial charge in [0.25, 0.3) is 5.91 Å². The molecule has 2 fully saturated rings. The Hall–Kier alpha value is -3.61. The van der Waals surface area contributed by atoms with E-state index < -0.39 is 0 Å². The summed E-state index contributed by atoms with van der Waals surface area (Å²) in [5, 5.41) is 3.81. The van der Waals surface area contributed by atoms with Gasteiger partial charge in [0.2, 0.25) is 0 Å². The van der Waals surface area contributed by atoms with Crippen molar-refractivity contribution in [2.45, 2.75) is 39.7 Å². The fourth-order valence-electron chi connectivity index (χ4n) is 5.63. The molecule has 2 aliphatic heterocycles. The predicted molar refractivity (Wildman–Crippen MR) is 146 cm³/mol. The molecule has 1 N–H and O–H groups in total. The summed E-state index contributed by atoms with van der Waals surface area (Å²) < 4.78 is 0. The van der Waals surface area contributed by atoms with Crippen molar-refractivity contribution in [3.63, 3.8) is 0 Å². The number of benzene rings is 2. The van der Waals surface area contributed by atoms with Crippen LogP contribution in [-0.2, 0) is 0 Å². The van der Waals surface area contributed by atoms with Crippen molar-refractivity contribution in [3.8, 4) is 0 Å². The van der Waals surface area contributed by atoms with Gasteiger partial charge in [-0.25, -0.2) is 9.97 Å². The largest absolute Gasteiger partial charge is 0.382 e. The highest BCUT2D eigenvalue weighted by molar-refractivity contribution is 5.99. The smallest absolute Gasteiger partial charge is 0.254 e. The maximum absolute atomic E-state index is 13.7. The molecule has 1 amide bonds. The van der Waals surface area contributed by atoms with E-state index in [1.807, 2.05) is 17.0 Å². The molecule has 5 rings (SSSR count). The molecule has 0 saturated carbocycles. The number of piperazine rings is 1. The van der Waals surface area contributed by atoms with Crippen molar-refractivity contribution in [1.29, 1.82) is 0 Å². The molecule has 0 aliphatic carbocycles. The van der Waals surface area contributed by atoms with Gasteiger partial charge in [0, 0.05) is 68.4 Å². The van der Waals surface area contributed by atoms with E-state index >= 15 is 0 Å². The third-order valence-corrected chi connectivity index (χ3v) is 7.61. The molecule has 1 aromatic heterocycles. The quantitative estimate of drug-likeness (QED) is 0.578. The molecule has 3 heterocycles. The van der Waals surface area contributed by atoms with Crippen molar-refractivity contribution >= 4 is 23.1 Å². The van der Waals surface area contributed by atoms with Gasteiger partial charge < -0.3 is 20.0 Å². The van der Waals surface area contributed by atoms with Crippen LogP contribution in [-0.4, -0.2) is 66.1 Å². The van der Waals surface area contributed by atoms with Crippen LogP contribution in [0.1, 0.15) is 39.9 Å². The van der Waals surface area contributed by atoms with Crippen molar-refractivity contribution in [3.05, 3.63) is 77.2 Å². The van der Waals surface area contributed by atoms with E-state index in [1.165, 1.54) is 11.3 Å². The molecule has 7 heteroatoms. The minimum absolute atomic E-state index is 0.152. The summed E-state index contributed by atoms with van der Waals surface area (Å²) in [4.78, 5) is 28.8. The summed E-state index contributed by atoms with van der Waals surface area (Å²) in [7, 11) is 0. The second-order valence-corrected chi connectivity index (χ2v) is 9.97. The Labute approximate surface area is 214 Å². The summed E-state index contributed by atoms with van der Waals surface area (Å²) in [5.41, 5.74) is 6.53. The summed E-state index contributed by atoms with van der Waals surface area (Å²) in [6.45, 7) is 11.4. The lowest BCUT2D eigenvalue weighted by molar-refractivity contribution is 0.0745. The van der Waals surface area contributed by atoms with Crippen LogP contribution in [0.2, 0.25) is 0 Å². The van der Waals surface area contributed by atoms with Gasteiger partial charge in [-0.2, -0.15) is 0 Å². The van der Waals surface area contributed by atoms with Gasteiger partial charge >= 0.3 is 0 Å². The average molecular weight is 485 g/mol. The summed E-state index contributed by atoms with van der Waals surface area (Å²) in [6.07, 6.45) is 5.47. The molecule has 3 aromatic rings. The zero-order valence-electron chi connectivity index (χ0n) is 21.6. The van der Waals surface area contributed by atoms with Crippen molar-refractivity contribution in [2.24, 2.45) is 0 Å². The maximum atomic E-state index is 13.7. The molecule has 0 atom stereocenters. The maximum Gasteiger partial charge on any atom is 0.254 e. The molecule has 7 nitrogen and oxygen atoms in total. The van der Waals surface area contributed by atoms with Crippen LogP contribution >= 0.6 is 0 Å². The first-order valence-corrected chi connectivity index (χ1v) is 13.0. The number of aryl methyl sites for hydroxylation is 2. The Balaban J connectivity index is 1.26. The molecule has 2 aliphatic rings. The minimum Gasteiger partial charge on any atom is -0.382 e. The number of nitrogens with one attached hydrogen (secondary N) is 1. The Bertz CT molecular complexity index is 1180. The lowest BCUT2D eigenvalue weighted by Gasteiger charge is -2.37. The Morgan fingerprint density at radius 2 is 1.61 bits per heavy atom. The van der Waals surface area contributed by atoms with Crippen LogP contribution in [0, 0.1) is 20.8 Å². The highest BCUT2D eigenvalue weighted by atomic mass is 16.2. The topological polar surface area (TPSA) is 64.6 Å². The molecule has 0 unspecified atom stereocenters. The van der Waals surface area contributed by atoms with E-state index in [1.54, 1.807) is 12.5 Å². The predicted octanol–water partition coefficient (Wildman–Crippen LogP) is 4.45. The lowest BCUT2D eigenvalue weighted by atomic mass is 9.94. The first-order valence-electron chi connectivity index (χ1n) is 13.0. The molecule has 2 aromatic carbocycles. The first-order chi connectivity index (χ1) is 17.5. The van der Waals surface area contributed by atoms with Gasteiger partial charge in [0.05, 0.1) is 0 Å². The van der Waals surface area contributed by atoms with Gasteiger partial charge in [0.1, 0.15) is 12.1 Å². The number of hydrogen-bond donors (Lipinski definition) is 1. The number of nitrogens with zero attached hydrogens (tertiary/aromatic N) is 5. The van der Waals surface area contributed by atoms with E-state index in [0.29, 0.717) is 6.04 Å². The molecule has 0 spiro atoms. The number of anilines is 3. The van der Waals surface area contributed by atoms with Crippen molar-refractivity contribution < 1.29 is 4.79 Å². The van der Waals surface area contributed by atoms with Gasteiger partial charge in [-0.05, 0) is 68.5 Å². The van der Waals surface area contributed by atoms with Crippen LogP contribution in [0.5, 0.6) is 0 Å². The number of amides is 1. The first kappa shape index (κ1) is 24.1. The number of aromatic nitrogens is 2. The number of piperidine rings is 1. The number of rotatable bonds is 5. The van der Waals surface area contributed by atoms with E-state index in [0.717, 1.165) is 80.3 Å². The number of para-hydroxylation sites is 1. The second kappa shape index (κ2) is 10.6. The fourth-order valence-corrected chi connectivity index (χ4v) is 5.63. The molecule has 188 valence electrons. The molecular formula is C29H36N6O. The van der Waals surface area contributed by atoms with Crippen LogP contribution in [0.25, 0.3) is 0 Å². The monoisotopic (exact) mass is 484 g/mol. The number of hydrogen-bond acceptors (Lipinski definition) is 6. The SMILES string of the molecule is Cc1cc(C)c(C(=O)N2CCN(c3ccccc3)CC2)c(C)c1NC1CCN(c2ccncn2)CC1. The average Bonchev–Trinajstić information content (AvgIpc) is 2.92. The van der Waals surface area contributed by atoms with Crippen LogP contribution < -0.4 is 15.1 Å². The van der Waals surface area contributed by atoms with Crippen LogP contribution in [0.4, 0.5) is 17.2 Å². The van der Waals surface area contributed by atoms with Gasteiger partial charge in [-0.3, -0.25) is 4.79 Å². The summed E-state index contributed by atoms with van der Waals surface area (Å²) >= 11 is 0. The van der Waals surface area contributed by atoms with Gasteiger partial charge in [0.15, 0.2) is 0 Å². The minimum atomic E-state index is 0.152. The zero-order chi connectivity index (χ0) is 25.1. The Morgan fingerprint density at radius 3 is 2.28 bits per heavy atom. The normalized spacial score (nSPS) is 16.8. The highest BCUT2D eigenvalue weighted by Gasteiger charge is 2.27. The third kappa shape index (κ3) is 5.01. The van der Waals surface area contributed by atoms with Crippen LogP contribution in [0.15, 0.2) is 55.0 Å². The third-order valence-electron chi connectivity index (χ3n) is 7.61. The van der Waals surface area contributed by atoms with Gasteiger partial charge in [-0.15, -0.1) is 0 Å². The molecule has 0 bridgehead atoms. The highest BCUT2D eigenvalue weighted by Crippen LogP contribution is 2.31. The standard InChI is InChI=1S/C29H36N6O/c1-21-19-22(2)28(32-24-10-13-34(14-11-24)26-9-12-30-20-31-26)23(3)27(21)29(36)35-17-15-33(16-18-35)25-7-5-4-6-8-25/h4-9,12,19-20,24,32H,10-11,13-18H2,1-3H3. The Kier molecular flexibility index (Phi) is 7.07. The molecule has 36 heavy (non-hydrogen) atoms. The van der Waals surface area contributed by atoms with Crippen LogP contribution in [0.3, 0.4) is 0 Å². The number of carbonyl (C=O) groups is 1. The van der Waals surface area contributed by atoms with Crippen molar-refractivity contribution in [2.75, 3.05) is 54.4 Å². The van der Waals surface area contributed by atoms with E-state index in [4.69, 9.17) is 0 Å². The second-order valence-electron chi connectivity index (χ2n) is 9.97.